The first-order chi connectivity index (χ1) is 17.0. The molecule has 0 aromatic heterocycles. The lowest BCUT2D eigenvalue weighted by Gasteiger charge is -2.14. The molecule has 0 saturated carbocycles. The molecule has 3 aromatic carbocycles. The van der Waals surface area contributed by atoms with Crippen LogP contribution in [0.2, 0.25) is 0 Å². The summed E-state index contributed by atoms with van der Waals surface area (Å²) >= 11 is 3.48. The summed E-state index contributed by atoms with van der Waals surface area (Å²) in [7, 11) is 1.50. The molecular formula is C27H22BrN3O4. The zero-order valence-electron chi connectivity index (χ0n) is 19.2. The highest BCUT2D eigenvalue weighted by molar-refractivity contribution is 9.10. The van der Waals surface area contributed by atoms with Crippen molar-refractivity contribution >= 4 is 33.6 Å². The zero-order chi connectivity index (χ0) is 25.2. The predicted molar refractivity (Wildman–Crippen MR) is 136 cm³/mol. The van der Waals surface area contributed by atoms with Gasteiger partial charge in [-0.05, 0) is 48.9 Å². The van der Waals surface area contributed by atoms with Crippen LogP contribution in [0.3, 0.4) is 0 Å². The Labute approximate surface area is 212 Å². The summed E-state index contributed by atoms with van der Waals surface area (Å²) in [6.07, 6.45) is 1.46. The minimum Gasteiger partial charge on any atom is -0.494 e. The van der Waals surface area contributed by atoms with Crippen LogP contribution in [0, 0.1) is 22.7 Å². The third-order valence-corrected chi connectivity index (χ3v) is 5.56. The zero-order valence-corrected chi connectivity index (χ0v) is 20.8. The average Bonchev–Trinajstić information content (AvgIpc) is 2.87. The lowest BCUT2D eigenvalue weighted by molar-refractivity contribution is -0.112. The second-order valence-electron chi connectivity index (χ2n) is 7.17. The molecule has 0 aliphatic heterocycles. The lowest BCUT2D eigenvalue weighted by atomic mass is 10.1. The van der Waals surface area contributed by atoms with Crippen LogP contribution in [-0.2, 0) is 11.4 Å². The van der Waals surface area contributed by atoms with Crippen LogP contribution < -0.4 is 19.5 Å². The molecule has 0 spiro atoms. The van der Waals surface area contributed by atoms with Crippen LogP contribution in [-0.4, -0.2) is 19.6 Å². The smallest absolute Gasteiger partial charge is 0.266 e. The van der Waals surface area contributed by atoms with Gasteiger partial charge in [0.05, 0.1) is 25.3 Å². The maximum absolute atomic E-state index is 12.7. The van der Waals surface area contributed by atoms with E-state index < -0.39 is 5.91 Å². The summed E-state index contributed by atoms with van der Waals surface area (Å²) in [4.78, 5) is 12.7. The molecule has 0 fully saturated rings. The van der Waals surface area contributed by atoms with E-state index in [0.29, 0.717) is 45.1 Å². The number of methoxy groups -OCH3 is 1. The summed E-state index contributed by atoms with van der Waals surface area (Å²) in [5, 5.41) is 21.6. The number of anilines is 1. The third kappa shape index (κ3) is 6.63. The normalized spacial score (nSPS) is 10.6. The fourth-order valence-corrected chi connectivity index (χ4v) is 3.61. The highest BCUT2D eigenvalue weighted by Crippen LogP contribution is 2.35. The number of amides is 1. The van der Waals surface area contributed by atoms with Crippen LogP contribution >= 0.6 is 15.9 Å². The van der Waals surface area contributed by atoms with Crippen molar-refractivity contribution in [3.05, 3.63) is 87.4 Å². The van der Waals surface area contributed by atoms with Gasteiger partial charge in [-0.25, -0.2) is 0 Å². The summed E-state index contributed by atoms with van der Waals surface area (Å²) in [5.74, 6) is 0.921. The molecule has 0 saturated heterocycles. The molecule has 176 valence electrons. The van der Waals surface area contributed by atoms with Crippen molar-refractivity contribution in [3.8, 4) is 29.4 Å². The summed E-state index contributed by atoms with van der Waals surface area (Å²) in [6, 6.07) is 21.5. The van der Waals surface area contributed by atoms with Crippen molar-refractivity contribution in [2.75, 3.05) is 19.0 Å². The lowest BCUT2D eigenvalue weighted by Crippen LogP contribution is -2.13. The highest BCUT2D eigenvalue weighted by atomic mass is 79.9. The molecule has 0 unspecified atom stereocenters. The molecule has 0 atom stereocenters. The van der Waals surface area contributed by atoms with Gasteiger partial charge in [-0.15, -0.1) is 0 Å². The number of carbonyl (C=O) groups excluding carboxylic acids is 1. The monoisotopic (exact) mass is 531 g/mol. The Morgan fingerprint density at radius 3 is 2.57 bits per heavy atom. The van der Waals surface area contributed by atoms with E-state index in [1.807, 2.05) is 25.1 Å². The first-order valence-electron chi connectivity index (χ1n) is 10.6. The number of nitrogens with one attached hydrogen (secondary N) is 1. The molecule has 0 aliphatic rings. The number of benzene rings is 3. The van der Waals surface area contributed by atoms with E-state index in [9.17, 15) is 15.3 Å². The van der Waals surface area contributed by atoms with Gasteiger partial charge in [-0.2, -0.15) is 10.5 Å². The van der Waals surface area contributed by atoms with Crippen LogP contribution in [0.4, 0.5) is 5.69 Å². The SMILES string of the molecule is CCOc1cccc(NC(=O)/C(C#N)=C\c2cc(OC)c(OCc3ccccc3C#N)cc2Br)c1. The first kappa shape index (κ1) is 25.4. The van der Waals surface area contributed by atoms with Gasteiger partial charge in [0.1, 0.15) is 24.0 Å². The van der Waals surface area contributed by atoms with Gasteiger partial charge >= 0.3 is 0 Å². The topological polar surface area (TPSA) is 104 Å². The molecule has 1 N–H and O–H groups in total. The van der Waals surface area contributed by atoms with Gasteiger partial charge in [-0.3, -0.25) is 4.79 Å². The minimum absolute atomic E-state index is 0.0915. The number of halogens is 1. The fourth-order valence-electron chi connectivity index (χ4n) is 3.18. The molecule has 1 amide bonds. The van der Waals surface area contributed by atoms with E-state index in [1.165, 1.54) is 13.2 Å². The summed E-state index contributed by atoms with van der Waals surface area (Å²) in [5.41, 5.74) is 2.25. The van der Waals surface area contributed by atoms with Crippen molar-refractivity contribution < 1.29 is 19.0 Å². The van der Waals surface area contributed by atoms with Gasteiger partial charge in [0.25, 0.3) is 5.91 Å². The van der Waals surface area contributed by atoms with Crippen LogP contribution in [0.25, 0.3) is 6.08 Å². The van der Waals surface area contributed by atoms with Crippen molar-refractivity contribution in [2.24, 2.45) is 0 Å². The van der Waals surface area contributed by atoms with E-state index in [-0.39, 0.29) is 12.2 Å². The largest absolute Gasteiger partial charge is 0.494 e. The van der Waals surface area contributed by atoms with Gasteiger partial charge in [0.2, 0.25) is 0 Å². The average molecular weight is 532 g/mol. The number of hydrogen-bond donors (Lipinski definition) is 1. The minimum atomic E-state index is -0.555. The second kappa shape index (κ2) is 12.3. The maximum Gasteiger partial charge on any atom is 0.266 e. The number of rotatable bonds is 9. The van der Waals surface area contributed by atoms with Gasteiger partial charge in [-0.1, -0.05) is 40.2 Å². The third-order valence-electron chi connectivity index (χ3n) is 4.87. The van der Waals surface area contributed by atoms with Crippen molar-refractivity contribution in [1.29, 1.82) is 10.5 Å². The number of carbonyl (C=O) groups is 1. The molecule has 3 rings (SSSR count). The molecule has 35 heavy (non-hydrogen) atoms. The predicted octanol–water partition coefficient (Wildman–Crippen LogP) is 5.85. The quantitative estimate of drug-likeness (QED) is 0.274. The van der Waals surface area contributed by atoms with Gasteiger partial charge in [0.15, 0.2) is 11.5 Å². The first-order valence-corrected chi connectivity index (χ1v) is 11.4. The molecule has 0 heterocycles. The molecule has 7 nitrogen and oxygen atoms in total. The Balaban J connectivity index is 1.82. The molecule has 3 aromatic rings. The van der Waals surface area contributed by atoms with Gasteiger partial charge < -0.3 is 19.5 Å². The number of nitriles is 2. The number of ether oxygens (including phenoxy) is 3. The van der Waals surface area contributed by atoms with Crippen LogP contribution in [0.15, 0.2) is 70.7 Å². The van der Waals surface area contributed by atoms with E-state index in [1.54, 1.807) is 48.5 Å². The second-order valence-corrected chi connectivity index (χ2v) is 8.02. The standard InChI is InChI=1S/C27H22BrN3O4/c1-3-34-23-10-6-9-22(13-23)31-27(32)21(16-30)11-20-12-25(33-2)26(14-24(20)28)35-17-19-8-5-4-7-18(19)15-29/h4-14H,3,17H2,1-2H3,(H,31,32)/b21-11-. The molecule has 0 radical (unpaired) electrons. The van der Waals surface area contributed by atoms with Gasteiger partial charge in [0, 0.05) is 21.8 Å². The Morgan fingerprint density at radius 2 is 1.86 bits per heavy atom. The highest BCUT2D eigenvalue weighted by Gasteiger charge is 2.15. The maximum atomic E-state index is 12.7. The van der Waals surface area contributed by atoms with Crippen LogP contribution in [0.1, 0.15) is 23.6 Å². The molecule has 0 bridgehead atoms. The van der Waals surface area contributed by atoms with Crippen molar-refractivity contribution in [3.63, 3.8) is 0 Å². The van der Waals surface area contributed by atoms with E-state index in [4.69, 9.17) is 14.2 Å². The van der Waals surface area contributed by atoms with Crippen molar-refractivity contribution in [2.45, 2.75) is 13.5 Å². The molecule has 0 aliphatic carbocycles. The van der Waals surface area contributed by atoms with E-state index in [0.717, 1.165) is 5.56 Å². The molecule has 8 heteroatoms. The summed E-state index contributed by atoms with van der Waals surface area (Å²) < 4.78 is 17.4. The van der Waals surface area contributed by atoms with Crippen molar-refractivity contribution in [1.82, 2.24) is 0 Å². The van der Waals surface area contributed by atoms with Crippen LogP contribution in [0.5, 0.6) is 17.2 Å². The summed E-state index contributed by atoms with van der Waals surface area (Å²) in [6.45, 7) is 2.55. The Kier molecular flexibility index (Phi) is 8.89. The fraction of sp³-hybridized carbons (Fsp3) is 0.148. The Morgan fingerprint density at radius 1 is 1.06 bits per heavy atom. The Bertz CT molecular complexity index is 1340. The molecular weight excluding hydrogens is 510 g/mol. The number of nitrogens with zero attached hydrogens (tertiary/aromatic N) is 2. The number of hydrogen-bond acceptors (Lipinski definition) is 6. The van der Waals surface area contributed by atoms with E-state index in [2.05, 4.69) is 27.3 Å². The van der Waals surface area contributed by atoms with E-state index >= 15 is 0 Å². The Hall–Kier alpha value is -4.27.